The summed E-state index contributed by atoms with van der Waals surface area (Å²) < 4.78 is 6.87. The first-order valence-corrected chi connectivity index (χ1v) is 7.82. The molecule has 1 aliphatic carbocycles. The van der Waals surface area contributed by atoms with E-state index in [2.05, 4.69) is 55.0 Å². The van der Waals surface area contributed by atoms with Crippen LogP contribution in [0.3, 0.4) is 0 Å². The molecule has 1 aromatic carbocycles. The van der Waals surface area contributed by atoms with Crippen LogP contribution in [0.2, 0.25) is 0 Å². The second kappa shape index (κ2) is 5.45. The summed E-state index contributed by atoms with van der Waals surface area (Å²) >= 11 is 3.78. The molecule has 1 aromatic rings. The van der Waals surface area contributed by atoms with E-state index in [4.69, 9.17) is 4.74 Å². The van der Waals surface area contributed by atoms with Crippen LogP contribution in [0.4, 0.5) is 0 Å². The van der Waals surface area contributed by atoms with Crippen LogP contribution in [0.1, 0.15) is 56.3 Å². The van der Waals surface area contributed by atoms with Crippen molar-refractivity contribution in [2.24, 2.45) is 0 Å². The maximum Gasteiger partial charge on any atom is 0.123 e. The Labute approximate surface area is 125 Å². The van der Waals surface area contributed by atoms with Crippen LogP contribution in [-0.4, -0.2) is 13.7 Å². The molecule has 1 aliphatic rings. The molecule has 0 heterocycles. The van der Waals surface area contributed by atoms with Gasteiger partial charge >= 0.3 is 0 Å². The number of halogens is 1. The first-order chi connectivity index (χ1) is 8.92. The van der Waals surface area contributed by atoms with Gasteiger partial charge in [-0.1, -0.05) is 36.7 Å². The minimum Gasteiger partial charge on any atom is -0.496 e. The van der Waals surface area contributed by atoms with Gasteiger partial charge in [0.2, 0.25) is 0 Å². The van der Waals surface area contributed by atoms with Crippen molar-refractivity contribution in [1.29, 1.82) is 0 Å². The molecule has 1 unspecified atom stereocenters. The highest BCUT2D eigenvalue weighted by molar-refractivity contribution is 9.10. The van der Waals surface area contributed by atoms with Crippen molar-refractivity contribution in [3.63, 3.8) is 0 Å². The predicted octanol–water partition coefficient (Wildman–Crippen LogP) is 4.49. The fourth-order valence-electron chi connectivity index (χ4n) is 3.18. The molecule has 2 nitrogen and oxygen atoms in total. The molecule has 19 heavy (non-hydrogen) atoms. The maximum atomic E-state index is 5.63. The predicted molar refractivity (Wildman–Crippen MR) is 84.1 cm³/mol. The molecule has 0 saturated carbocycles. The van der Waals surface area contributed by atoms with Crippen molar-refractivity contribution in [3.8, 4) is 5.75 Å². The Hall–Kier alpha value is -0.540. The standard InChI is InChI=1S/C16H24BrNO/c1-6-7-18-11-9-16(3,4)14-12(19-5)8-10(2)15(17)13(11)14/h8,11,18H,6-7,9H2,1-5H3. The average molecular weight is 326 g/mol. The largest absolute Gasteiger partial charge is 0.496 e. The van der Waals surface area contributed by atoms with E-state index in [1.165, 1.54) is 21.2 Å². The number of hydrogen-bond acceptors (Lipinski definition) is 2. The molecule has 3 heteroatoms. The monoisotopic (exact) mass is 325 g/mol. The van der Waals surface area contributed by atoms with Crippen molar-refractivity contribution in [1.82, 2.24) is 5.32 Å². The van der Waals surface area contributed by atoms with Crippen LogP contribution >= 0.6 is 15.9 Å². The van der Waals surface area contributed by atoms with E-state index in [1.807, 2.05) is 0 Å². The molecule has 0 radical (unpaired) electrons. The van der Waals surface area contributed by atoms with Gasteiger partial charge in [0.1, 0.15) is 5.75 Å². The lowest BCUT2D eigenvalue weighted by molar-refractivity contribution is 0.386. The molecule has 1 N–H and O–H groups in total. The Balaban J connectivity index is 2.56. The summed E-state index contributed by atoms with van der Waals surface area (Å²) in [5.41, 5.74) is 4.16. The van der Waals surface area contributed by atoms with Crippen molar-refractivity contribution in [3.05, 3.63) is 27.2 Å². The van der Waals surface area contributed by atoms with Gasteiger partial charge in [-0.05, 0) is 48.9 Å². The number of fused-ring (bicyclic) bond motifs is 1. The van der Waals surface area contributed by atoms with E-state index in [0.717, 1.165) is 25.1 Å². The fourth-order valence-corrected chi connectivity index (χ4v) is 3.77. The maximum absolute atomic E-state index is 5.63. The van der Waals surface area contributed by atoms with Gasteiger partial charge in [-0.15, -0.1) is 0 Å². The van der Waals surface area contributed by atoms with Crippen molar-refractivity contribution in [2.75, 3.05) is 13.7 Å². The van der Waals surface area contributed by atoms with Gasteiger partial charge < -0.3 is 10.1 Å². The van der Waals surface area contributed by atoms with Gasteiger partial charge in [0.15, 0.2) is 0 Å². The van der Waals surface area contributed by atoms with Crippen LogP contribution in [-0.2, 0) is 5.41 Å². The van der Waals surface area contributed by atoms with Crippen LogP contribution in [0.25, 0.3) is 0 Å². The highest BCUT2D eigenvalue weighted by Gasteiger charge is 2.40. The summed E-state index contributed by atoms with van der Waals surface area (Å²) in [6.45, 7) is 10.0. The van der Waals surface area contributed by atoms with Crippen LogP contribution in [0.5, 0.6) is 5.75 Å². The van der Waals surface area contributed by atoms with E-state index in [0.29, 0.717) is 6.04 Å². The number of benzene rings is 1. The Morgan fingerprint density at radius 3 is 2.74 bits per heavy atom. The highest BCUT2D eigenvalue weighted by Crippen LogP contribution is 2.52. The van der Waals surface area contributed by atoms with Crippen LogP contribution in [0, 0.1) is 6.92 Å². The zero-order valence-corrected chi connectivity index (χ0v) is 14.1. The SMILES string of the molecule is CCCNC1CC(C)(C)c2c(OC)cc(C)c(Br)c21. The molecule has 0 bridgehead atoms. The third-order valence-corrected chi connectivity index (χ3v) is 5.10. The lowest BCUT2D eigenvalue weighted by atomic mass is 9.85. The Bertz CT molecular complexity index is 482. The van der Waals surface area contributed by atoms with Gasteiger partial charge in [-0.3, -0.25) is 0 Å². The number of ether oxygens (including phenoxy) is 1. The van der Waals surface area contributed by atoms with Crippen molar-refractivity contribution < 1.29 is 4.74 Å². The first kappa shape index (κ1) is 14.9. The normalized spacial score (nSPS) is 20.4. The third kappa shape index (κ3) is 2.55. The van der Waals surface area contributed by atoms with E-state index < -0.39 is 0 Å². The summed E-state index contributed by atoms with van der Waals surface area (Å²) in [7, 11) is 1.77. The van der Waals surface area contributed by atoms with Gasteiger partial charge in [-0.2, -0.15) is 0 Å². The molecule has 0 saturated heterocycles. The van der Waals surface area contributed by atoms with Gasteiger partial charge in [0.05, 0.1) is 7.11 Å². The highest BCUT2D eigenvalue weighted by atomic mass is 79.9. The zero-order chi connectivity index (χ0) is 14.2. The second-order valence-electron chi connectivity index (χ2n) is 6.09. The number of rotatable bonds is 4. The minimum atomic E-state index is 0.155. The Morgan fingerprint density at radius 1 is 1.47 bits per heavy atom. The molecule has 0 aromatic heterocycles. The van der Waals surface area contributed by atoms with Gasteiger partial charge in [-0.25, -0.2) is 0 Å². The lowest BCUT2D eigenvalue weighted by Gasteiger charge is -2.22. The third-order valence-electron chi connectivity index (χ3n) is 4.05. The van der Waals surface area contributed by atoms with E-state index in [9.17, 15) is 0 Å². The summed E-state index contributed by atoms with van der Waals surface area (Å²) in [6.07, 6.45) is 2.29. The molecule has 2 rings (SSSR count). The second-order valence-corrected chi connectivity index (χ2v) is 6.89. The van der Waals surface area contributed by atoms with Crippen molar-refractivity contribution in [2.45, 2.75) is 52.0 Å². The zero-order valence-electron chi connectivity index (χ0n) is 12.6. The molecule has 106 valence electrons. The first-order valence-electron chi connectivity index (χ1n) is 7.03. The number of nitrogens with one attached hydrogen (secondary N) is 1. The molecular weight excluding hydrogens is 302 g/mol. The van der Waals surface area contributed by atoms with Gasteiger partial charge in [0, 0.05) is 16.1 Å². The average Bonchev–Trinajstić information content (AvgIpc) is 2.63. The molecule has 0 spiro atoms. The summed E-state index contributed by atoms with van der Waals surface area (Å²) in [5.74, 6) is 1.03. The quantitative estimate of drug-likeness (QED) is 0.880. The molecule has 0 amide bonds. The van der Waals surface area contributed by atoms with Crippen molar-refractivity contribution >= 4 is 15.9 Å². The van der Waals surface area contributed by atoms with Gasteiger partial charge in [0.25, 0.3) is 0 Å². The van der Waals surface area contributed by atoms with Crippen LogP contribution in [0.15, 0.2) is 10.5 Å². The molecule has 1 atom stereocenters. The summed E-state index contributed by atoms with van der Waals surface area (Å²) in [6, 6.07) is 2.57. The topological polar surface area (TPSA) is 21.3 Å². The van der Waals surface area contributed by atoms with E-state index in [1.54, 1.807) is 7.11 Å². The number of methoxy groups -OCH3 is 1. The lowest BCUT2D eigenvalue weighted by Crippen LogP contribution is -2.22. The Kier molecular flexibility index (Phi) is 4.26. The molecule has 0 fully saturated rings. The Morgan fingerprint density at radius 2 is 2.16 bits per heavy atom. The number of aryl methyl sites for hydroxylation is 1. The number of hydrogen-bond donors (Lipinski definition) is 1. The minimum absolute atomic E-state index is 0.155. The smallest absolute Gasteiger partial charge is 0.123 e. The molecule has 0 aliphatic heterocycles. The summed E-state index contributed by atoms with van der Waals surface area (Å²) in [4.78, 5) is 0. The van der Waals surface area contributed by atoms with E-state index >= 15 is 0 Å². The molecular formula is C16H24BrNO. The van der Waals surface area contributed by atoms with Crippen LogP contribution < -0.4 is 10.1 Å². The summed E-state index contributed by atoms with van der Waals surface area (Å²) in [5, 5.41) is 3.68. The fraction of sp³-hybridized carbons (Fsp3) is 0.625. The van der Waals surface area contributed by atoms with E-state index in [-0.39, 0.29) is 5.41 Å².